The number of rotatable bonds is 9. The summed E-state index contributed by atoms with van der Waals surface area (Å²) in [5, 5.41) is 7.70. The fourth-order valence-electron chi connectivity index (χ4n) is 2.75. The zero-order chi connectivity index (χ0) is 20.4. The van der Waals surface area contributed by atoms with Crippen LogP contribution in [0.2, 0.25) is 0 Å². The molecule has 0 aliphatic heterocycles. The first kappa shape index (κ1) is 21.2. The maximum Gasteiger partial charge on any atom is 0.321 e. The average Bonchev–Trinajstić information content (AvgIpc) is 3.15. The summed E-state index contributed by atoms with van der Waals surface area (Å²) in [7, 11) is 0. The van der Waals surface area contributed by atoms with Crippen LogP contribution >= 0.6 is 0 Å². The normalized spacial score (nSPS) is 11.5. The van der Waals surface area contributed by atoms with Crippen molar-refractivity contribution >= 4 is 23.5 Å². The van der Waals surface area contributed by atoms with Crippen LogP contribution in [-0.2, 0) is 16.1 Å². The molecule has 0 radical (unpaired) electrons. The summed E-state index contributed by atoms with van der Waals surface area (Å²) in [6.45, 7) is 4.90. The van der Waals surface area contributed by atoms with Crippen molar-refractivity contribution in [2.45, 2.75) is 26.8 Å². The molecule has 0 aliphatic rings. The number of carbonyl (C=O) groups is 3. The monoisotopic (exact) mass is 387 g/mol. The lowest BCUT2D eigenvalue weighted by molar-refractivity contribution is -0.883. The van der Waals surface area contributed by atoms with Gasteiger partial charge in [-0.25, -0.2) is 4.79 Å². The van der Waals surface area contributed by atoms with Gasteiger partial charge < -0.3 is 20.0 Å². The van der Waals surface area contributed by atoms with E-state index < -0.39 is 11.9 Å². The van der Waals surface area contributed by atoms with Crippen molar-refractivity contribution in [3.63, 3.8) is 0 Å². The molecular weight excluding hydrogens is 360 g/mol. The van der Waals surface area contributed by atoms with Crippen molar-refractivity contribution in [3.05, 3.63) is 54.0 Å². The van der Waals surface area contributed by atoms with Crippen molar-refractivity contribution < 1.29 is 23.7 Å². The second kappa shape index (κ2) is 10.9. The highest BCUT2D eigenvalue weighted by Gasteiger charge is 2.19. The van der Waals surface area contributed by atoms with Crippen LogP contribution in [0.1, 0.15) is 24.7 Å². The quantitative estimate of drug-likeness (QED) is 0.512. The molecule has 1 unspecified atom stereocenters. The minimum absolute atomic E-state index is 0.0310. The summed E-state index contributed by atoms with van der Waals surface area (Å²) in [6, 6.07) is 10.4. The van der Waals surface area contributed by atoms with E-state index >= 15 is 0 Å². The molecule has 4 N–H and O–H groups in total. The van der Waals surface area contributed by atoms with Gasteiger partial charge in [-0.1, -0.05) is 25.1 Å². The maximum atomic E-state index is 12.3. The van der Waals surface area contributed by atoms with Crippen molar-refractivity contribution in [3.8, 4) is 0 Å². The standard InChI is InChI=1S/C20H26N4O4/c1-3-10-24(13-18(25)22-17-9-5-4-7-15(17)2)14-19(26)23-20(27)21-12-16-8-6-11-28-16/h4-9,11H,3,10,12-14H2,1-2H3,(H,22,25)(H2,21,23,26,27)/p+1. The van der Waals surface area contributed by atoms with Gasteiger partial charge in [-0.3, -0.25) is 14.9 Å². The number of hydrogen-bond acceptors (Lipinski definition) is 4. The molecule has 1 aromatic carbocycles. The van der Waals surface area contributed by atoms with Crippen LogP contribution in [0.5, 0.6) is 0 Å². The molecule has 0 aliphatic carbocycles. The first-order valence-electron chi connectivity index (χ1n) is 9.27. The third-order valence-corrected chi connectivity index (χ3v) is 4.10. The molecule has 0 saturated heterocycles. The number of benzene rings is 1. The molecule has 28 heavy (non-hydrogen) atoms. The van der Waals surface area contributed by atoms with Gasteiger partial charge in [-0.15, -0.1) is 0 Å². The molecule has 8 heteroatoms. The Bertz CT molecular complexity index is 789. The van der Waals surface area contributed by atoms with Crippen LogP contribution in [-0.4, -0.2) is 37.5 Å². The van der Waals surface area contributed by atoms with Gasteiger partial charge >= 0.3 is 6.03 Å². The SMILES string of the molecule is CCC[NH+](CC(=O)NC(=O)NCc1ccco1)CC(=O)Nc1ccccc1C. The summed E-state index contributed by atoms with van der Waals surface area (Å²) in [4.78, 5) is 37.1. The van der Waals surface area contributed by atoms with E-state index in [0.29, 0.717) is 12.3 Å². The number of furan rings is 1. The highest BCUT2D eigenvalue weighted by molar-refractivity contribution is 5.95. The molecular formula is C20H27N4O4+. The van der Waals surface area contributed by atoms with Crippen LogP contribution in [0, 0.1) is 6.92 Å². The van der Waals surface area contributed by atoms with Gasteiger partial charge in [0.25, 0.3) is 11.8 Å². The molecule has 2 aromatic rings. The Hall–Kier alpha value is -3.13. The molecule has 1 heterocycles. The summed E-state index contributed by atoms with van der Waals surface area (Å²) in [6.07, 6.45) is 2.32. The molecule has 4 amide bonds. The highest BCUT2D eigenvalue weighted by atomic mass is 16.3. The van der Waals surface area contributed by atoms with Gasteiger partial charge in [0.15, 0.2) is 13.1 Å². The lowest BCUT2D eigenvalue weighted by atomic mass is 10.2. The first-order chi connectivity index (χ1) is 13.5. The predicted octanol–water partition coefficient (Wildman–Crippen LogP) is 0.847. The Kier molecular flexibility index (Phi) is 8.23. The van der Waals surface area contributed by atoms with E-state index in [0.717, 1.165) is 22.6 Å². The Morgan fingerprint density at radius 1 is 1.04 bits per heavy atom. The molecule has 0 spiro atoms. The van der Waals surface area contributed by atoms with Crippen molar-refractivity contribution in [1.29, 1.82) is 0 Å². The Morgan fingerprint density at radius 3 is 2.46 bits per heavy atom. The number of carbonyl (C=O) groups excluding carboxylic acids is 3. The van der Waals surface area contributed by atoms with E-state index in [9.17, 15) is 14.4 Å². The van der Waals surface area contributed by atoms with E-state index in [4.69, 9.17) is 4.42 Å². The van der Waals surface area contributed by atoms with Crippen molar-refractivity contribution in [1.82, 2.24) is 10.6 Å². The molecule has 2 rings (SSSR count). The fourth-order valence-corrected chi connectivity index (χ4v) is 2.75. The van der Waals surface area contributed by atoms with Crippen LogP contribution in [0.3, 0.4) is 0 Å². The topological polar surface area (TPSA) is 105 Å². The number of imide groups is 1. The average molecular weight is 387 g/mol. The van der Waals surface area contributed by atoms with Crippen LogP contribution < -0.4 is 20.9 Å². The second-order valence-corrected chi connectivity index (χ2v) is 6.53. The second-order valence-electron chi connectivity index (χ2n) is 6.53. The molecule has 8 nitrogen and oxygen atoms in total. The zero-order valence-electron chi connectivity index (χ0n) is 16.2. The summed E-state index contributed by atoms with van der Waals surface area (Å²) >= 11 is 0. The minimum Gasteiger partial charge on any atom is -0.467 e. The Labute approximate surface area is 164 Å². The molecule has 1 atom stereocenters. The number of anilines is 1. The number of para-hydroxylation sites is 1. The number of quaternary nitrogens is 1. The molecule has 0 bridgehead atoms. The van der Waals surface area contributed by atoms with E-state index in [1.165, 1.54) is 6.26 Å². The van der Waals surface area contributed by atoms with Crippen LogP contribution in [0.25, 0.3) is 0 Å². The maximum absolute atomic E-state index is 12.3. The highest BCUT2D eigenvalue weighted by Crippen LogP contribution is 2.12. The van der Waals surface area contributed by atoms with Gasteiger partial charge in [0.1, 0.15) is 5.76 Å². The van der Waals surface area contributed by atoms with Gasteiger partial charge in [0.05, 0.1) is 19.4 Å². The van der Waals surface area contributed by atoms with E-state index in [2.05, 4.69) is 16.0 Å². The number of hydrogen-bond donors (Lipinski definition) is 4. The zero-order valence-corrected chi connectivity index (χ0v) is 16.2. The Morgan fingerprint density at radius 2 is 1.79 bits per heavy atom. The van der Waals surface area contributed by atoms with Gasteiger partial charge in [-0.2, -0.15) is 0 Å². The number of urea groups is 1. The van der Waals surface area contributed by atoms with Crippen LogP contribution in [0.4, 0.5) is 10.5 Å². The van der Waals surface area contributed by atoms with Gasteiger partial charge in [-0.05, 0) is 37.1 Å². The van der Waals surface area contributed by atoms with Crippen molar-refractivity contribution in [2.75, 3.05) is 25.0 Å². The summed E-state index contributed by atoms with van der Waals surface area (Å²) < 4.78 is 5.11. The molecule has 1 aromatic heterocycles. The predicted molar refractivity (Wildman–Crippen MR) is 105 cm³/mol. The van der Waals surface area contributed by atoms with E-state index in [1.54, 1.807) is 12.1 Å². The number of aryl methyl sites for hydroxylation is 1. The third-order valence-electron chi connectivity index (χ3n) is 4.10. The Balaban J connectivity index is 1.80. The third kappa shape index (κ3) is 7.24. The lowest BCUT2D eigenvalue weighted by Crippen LogP contribution is -3.14. The molecule has 150 valence electrons. The van der Waals surface area contributed by atoms with Gasteiger partial charge in [0, 0.05) is 5.69 Å². The number of amides is 4. The molecule has 0 fully saturated rings. The minimum atomic E-state index is -0.596. The van der Waals surface area contributed by atoms with E-state index in [-0.39, 0.29) is 25.5 Å². The molecule has 0 saturated carbocycles. The van der Waals surface area contributed by atoms with Crippen LogP contribution in [0.15, 0.2) is 47.1 Å². The van der Waals surface area contributed by atoms with Crippen molar-refractivity contribution in [2.24, 2.45) is 0 Å². The first-order valence-corrected chi connectivity index (χ1v) is 9.27. The van der Waals surface area contributed by atoms with Gasteiger partial charge in [0.2, 0.25) is 0 Å². The largest absolute Gasteiger partial charge is 0.467 e. The van der Waals surface area contributed by atoms with E-state index in [1.807, 2.05) is 38.1 Å². The number of nitrogens with one attached hydrogen (secondary N) is 4. The smallest absolute Gasteiger partial charge is 0.321 e. The summed E-state index contributed by atoms with van der Waals surface area (Å²) in [5.74, 6) is -0.0226. The summed E-state index contributed by atoms with van der Waals surface area (Å²) in [5.41, 5.74) is 1.73. The fraction of sp³-hybridized carbons (Fsp3) is 0.350. The lowest BCUT2D eigenvalue weighted by Gasteiger charge is -2.18.